The van der Waals surface area contributed by atoms with Crippen LogP contribution in [0.2, 0.25) is 0 Å². The molecule has 0 spiro atoms. The highest BCUT2D eigenvalue weighted by molar-refractivity contribution is 5.69. The summed E-state index contributed by atoms with van der Waals surface area (Å²) in [5.41, 5.74) is 1.51. The minimum Gasteiger partial charge on any atom is -0.498 e. The smallest absolute Gasteiger partial charge is 0.305 e. The lowest BCUT2D eigenvalue weighted by atomic mass is 10.00. The van der Waals surface area contributed by atoms with Gasteiger partial charge in [-0.15, -0.1) is 0 Å². The van der Waals surface area contributed by atoms with Crippen molar-refractivity contribution >= 4 is 5.97 Å². The van der Waals surface area contributed by atoms with E-state index in [1.54, 1.807) is 0 Å². The zero-order valence-corrected chi connectivity index (χ0v) is 16.0. The first kappa shape index (κ1) is 21.1. The lowest BCUT2D eigenvalue weighted by Gasteiger charge is -2.09. The Morgan fingerprint density at radius 2 is 1.75 bits per heavy atom. The lowest BCUT2D eigenvalue weighted by Crippen LogP contribution is -2.04. The van der Waals surface area contributed by atoms with E-state index in [2.05, 4.69) is 6.92 Å². The Morgan fingerprint density at radius 1 is 1.04 bits per heavy atom. The SMILES string of the molecule is CCCCCCC1CC(CCCCCCCCC(=O)OCC)=CO1. The van der Waals surface area contributed by atoms with Gasteiger partial charge in [-0.2, -0.15) is 0 Å². The van der Waals surface area contributed by atoms with E-state index >= 15 is 0 Å². The summed E-state index contributed by atoms with van der Waals surface area (Å²) in [5.74, 6) is -0.0464. The van der Waals surface area contributed by atoms with E-state index in [-0.39, 0.29) is 5.97 Å². The van der Waals surface area contributed by atoms with E-state index in [9.17, 15) is 4.79 Å². The Morgan fingerprint density at radius 3 is 2.50 bits per heavy atom. The lowest BCUT2D eigenvalue weighted by molar-refractivity contribution is -0.143. The number of hydrogen-bond acceptors (Lipinski definition) is 3. The van der Waals surface area contributed by atoms with Crippen molar-refractivity contribution in [2.24, 2.45) is 0 Å². The van der Waals surface area contributed by atoms with E-state index in [4.69, 9.17) is 9.47 Å². The number of unbranched alkanes of at least 4 members (excludes halogenated alkanes) is 8. The number of esters is 1. The average molecular weight is 339 g/mol. The Kier molecular flexibility index (Phi) is 12.6. The summed E-state index contributed by atoms with van der Waals surface area (Å²) in [6, 6.07) is 0. The fourth-order valence-electron chi connectivity index (χ4n) is 3.27. The van der Waals surface area contributed by atoms with Crippen LogP contribution in [0.15, 0.2) is 11.8 Å². The van der Waals surface area contributed by atoms with E-state index in [0.717, 1.165) is 19.3 Å². The van der Waals surface area contributed by atoms with Crippen LogP contribution in [0.4, 0.5) is 0 Å². The molecular formula is C21H38O3. The molecule has 1 unspecified atom stereocenters. The molecule has 1 aliphatic heterocycles. The monoisotopic (exact) mass is 338 g/mol. The molecule has 0 fully saturated rings. The molecule has 0 aromatic rings. The van der Waals surface area contributed by atoms with Gasteiger partial charge in [-0.3, -0.25) is 4.79 Å². The number of hydrogen-bond donors (Lipinski definition) is 0. The fraction of sp³-hybridized carbons (Fsp3) is 0.857. The van der Waals surface area contributed by atoms with E-state index in [0.29, 0.717) is 19.1 Å². The highest BCUT2D eigenvalue weighted by Crippen LogP contribution is 2.26. The largest absolute Gasteiger partial charge is 0.498 e. The minimum atomic E-state index is -0.0464. The van der Waals surface area contributed by atoms with Gasteiger partial charge in [0.25, 0.3) is 0 Å². The van der Waals surface area contributed by atoms with Gasteiger partial charge in [-0.05, 0) is 44.6 Å². The van der Waals surface area contributed by atoms with Crippen LogP contribution in [0.3, 0.4) is 0 Å². The van der Waals surface area contributed by atoms with Crippen molar-refractivity contribution in [3.8, 4) is 0 Å². The first-order valence-corrected chi connectivity index (χ1v) is 10.2. The zero-order chi connectivity index (χ0) is 17.5. The highest BCUT2D eigenvalue weighted by Gasteiger charge is 2.17. The Labute approximate surface area is 149 Å². The number of carbonyl (C=O) groups excluding carboxylic acids is 1. The van der Waals surface area contributed by atoms with Crippen molar-refractivity contribution in [1.29, 1.82) is 0 Å². The van der Waals surface area contributed by atoms with Crippen LogP contribution in [0.5, 0.6) is 0 Å². The Hall–Kier alpha value is -0.990. The second-order valence-corrected chi connectivity index (χ2v) is 7.01. The molecule has 0 N–H and O–H groups in total. The molecule has 0 aliphatic carbocycles. The summed E-state index contributed by atoms with van der Waals surface area (Å²) in [5, 5.41) is 0. The molecule has 0 amide bonds. The predicted octanol–water partition coefficient (Wildman–Crippen LogP) is 6.31. The Bertz CT molecular complexity index is 349. The maximum absolute atomic E-state index is 11.2. The molecule has 24 heavy (non-hydrogen) atoms. The highest BCUT2D eigenvalue weighted by atomic mass is 16.5. The van der Waals surface area contributed by atoms with E-state index in [1.807, 2.05) is 13.2 Å². The maximum Gasteiger partial charge on any atom is 0.305 e. The number of carbonyl (C=O) groups is 1. The normalized spacial score (nSPS) is 16.8. The molecule has 3 nitrogen and oxygen atoms in total. The van der Waals surface area contributed by atoms with Gasteiger partial charge in [0, 0.05) is 12.8 Å². The summed E-state index contributed by atoms with van der Waals surface area (Å²) in [6.45, 7) is 4.61. The fourth-order valence-corrected chi connectivity index (χ4v) is 3.27. The van der Waals surface area contributed by atoms with Crippen LogP contribution in [0, 0.1) is 0 Å². The van der Waals surface area contributed by atoms with Crippen molar-refractivity contribution in [2.75, 3.05) is 6.61 Å². The predicted molar refractivity (Wildman–Crippen MR) is 99.9 cm³/mol. The van der Waals surface area contributed by atoms with Crippen LogP contribution >= 0.6 is 0 Å². The Balaban J connectivity index is 1.87. The van der Waals surface area contributed by atoms with Crippen LogP contribution in [-0.2, 0) is 14.3 Å². The van der Waals surface area contributed by atoms with Crippen LogP contribution in [-0.4, -0.2) is 18.7 Å². The van der Waals surface area contributed by atoms with Gasteiger partial charge in [-0.1, -0.05) is 51.9 Å². The van der Waals surface area contributed by atoms with Crippen LogP contribution in [0.1, 0.15) is 104 Å². The molecule has 3 heteroatoms. The standard InChI is InChI=1S/C21H38O3/c1-3-5-6-12-15-20-17-19(18-24-20)14-11-9-7-8-10-13-16-21(22)23-4-2/h18,20H,3-17H2,1-2H3. The zero-order valence-electron chi connectivity index (χ0n) is 16.0. The third-order valence-electron chi connectivity index (χ3n) is 4.73. The van der Waals surface area contributed by atoms with Crippen molar-refractivity contribution in [3.63, 3.8) is 0 Å². The second kappa shape index (κ2) is 14.4. The molecule has 1 atom stereocenters. The summed E-state index contributed by atoms with van der Waals surface area (Å²) in [6.07, 6.45) is 19.2. The average Bonchev–Trinajstić information content (AvgIpc) is 3.02. The molecule has 0 bridgehead atoms. The van der Waals surface area contributed by atoms with Gasteiger partial charge in [0.2, 0.25) is 0 Å². The summed E-state index contributed by atoms with van der Waals surface area (Å²) in [4.78, 5) is 11.2. The van der Waals surface area contributed by atoms with Gasteiger partial charge in [0.15, 0.2) is 0 Å². The summed E-state index contributed by atoms with van der Waals surface area (Å²) < 4.78 is 10.7. The molecule has 1 aliphatic rings. The third-order valence-corrected chi connectivity index (χ3v) is 4.73. The molecule has 1 rings (SSSR count). The second-order valence-electron chi connectivity index (χ2n) is 7.01. The molecule has 1 heterocycles. The molecule has 0 saturated carbocycles. The summed E-state index contributed by atoms with van der Waals surface area (Å²) >= 11 is 0. The minimum absolute atomic E-state index is 0.0464. The van der Waals surface area contributed by atoms with Crippen molar-refractivity contribution < 1.29 is 14.3 Å². The molecule has 0 saturated heterocycles. The first-order valence-electron chi connectivity index (χ1n) is 10.2. The molecule has 140 valence electrons. The van der Waals surface area contributed by atoms with Crippen molar-refractivity contribution in [2.45, 2.75) is 110 Å². The third kappa shape index (κ3) is 10.7. The number of ether oxygens (including phenoxy) is 2. The van der Waals surface area contributed by atoms with Gasteiger partial charge in [0.05, 0.1) is 12.9 Å². The van der Waals surface area contributed by atoms with E-state index in [1.165, 1.54) is 69.8 Å². The molecular weight excluding hydrogens is 300 g/mol. The van der Waals surface area contributed by atoms with Gasteiger partial charge in [0.1, 0.15) is 6.10 Å². The van der Waals surface area contributed by atoms with Crippen molar-refractivity contribution in [3.05, 3.63) is 11.8 Å². The van der Waals surface area contributed by atoms with Crippen LogP contribution in [0.25, 0.3) is 0 Å². The number of rotatable bonds is 15. The van der Waals surface area contributed by atoms with Gasteiger partial charge < -0.3 is 9.47 Å². The first-order chi connectivity index (χ1) is 11.8. The van der Waals surface area contributed by atoms with Crippen LogP contribution < -0.4 is 0 Å². The maximum atomic E-state index is 11.2. The van der Waals surface area contributed by atoms with E-state index < -0.39 is 0 Å². The summed E-state index contributed by atoms with van der Waals surface area (Å²) in [7, 11) is 0. The van der Waals surface area contributed by atoms with Crippen molar-refractivity contribution in [1.82, 2.24) is 0 Å². The molecule has 0 aromatic heterocycles. The van der Waals surface area contributed by atoms with Gasteiger partial charge >= 0.3 is 5.97 Å². The molecule has 0 radical (unpaired) electrons. The quantitative estimate of drug-likeness (QED) is 0.259. The van der Waals surface area contributed by atoms with Gasteiger partial charge in [-0.25, -0.2) is 0 Å². The molecule has 0 aromatic carbocycles. The topological polar surface area (TPSA) is 35.5 Å².